The molecule has 2 fully saturated rings. The monoisotopic (exact) mass is 469 g/mol. The highest BCUT2D eigenvalue weighted by Gasteiger charge is 2.39. The molecule has 1 aliphatic heterocycles. The highest BCUT2D eigenvalue weighted by Crippen LogP contribution is 2.40. The molecule has 2 heterocycles. The van der Waals surface area contributed by atoms with E-state index in [1.807, 2.05) is 13.0 Å². The molecule has 2 aromatic rings. The lowest BCUT2D eigenvalue weighted by Gasteiger charge is -2.29. The minimum atomic E-state index is -1.18. The molecule has 1 aromatic heterocycles. The van der Waals surface area contributed by atoms with E-state index < -0.39 is 29.2 Å². The zero-order valence-corrected chi connectivity index (χ0v) is 18.9. The van der Waals surface area contributed by atoms with Gasteiger partial charge in [0.25, 0.3) is 5.91 Å². The minimum absolute atomic E-state index is 0.0661. The SMILES string of the molecule is C[C@H](NC(=O)c1cnc(C#N)c(-c2cc(F)cc(F)c2)c1N1CC[C@](C)(NC(=O)O)C1)C1CC1. The van der Waals surface area contributed by atoms with Gasteiger partial charge in [-0.3, -0.25) is 4.79 Å². The quantitative estimate of drug-likeness (QED) is 0.594. The Labute approximate surface area is 195 Å². The van der Waals surface area contributed by atoms with Crippen molar-refractivity contribution in [1.29, 1.82) is 5.26 Å². The molecule has 0 unspecified atom stereocenters. The molecule has 2 atom stereocenters. The Hall–Kier alpha value is -3.74. The Morgan fingerprint density at radius 2 is 1.97 bits per heavy atom. The van der Waals surface area contributed by atoms with Gasteiger partial charge in [0.05, 0.1) is 16.8 Å². The maximum Gasteiger partial charge on any atom is 0.405 e. The third kappa shape index (κ3) is 4.78. The summed E-state index contributed by atoms with van der Waals surface area (Å²) in [4.78, 5) is 30.5. The normalized spacial score (nSPS) is 20.5. The number of halogens is 2. The van der Waals surface area contributed by atoms with Crippen LogP contribution in [0.1, 0.15) is 49.2 Å². The molecule has 0 bridgehead atoms. The first-order valence-corrected chi connectivity index (χ1v) is 11.1. The Kier molecular flexibility index (Phi) is 6.13. The van der Waals surface area contributed by atoms with Crippen molar-refractivity contribution < 1.29 is 23.5 Å². The molecule has 3 N–H and O–H groups in total. The topological polar surface area (TPSA) is 118 Å². The van der Waals surface area contributed by atoms with Crippen LogP contribution in [0.3, 0.4) is 0 Å². The number of benzene rings is 1. The van der Waals surface area contributed by atoms with Gasteiger partial charge in [-0.1, -0.05) is 0 Å². The number of hydrogen-bond acceptors (Lipinski definition) is 5. The van der Waals surface area contributed by atoms with E-state index in [1.54, 1.807) is 11.8 Å². The number of carboxylic acid groups (broad SMARTS) is 1. The van der Waals surface area contributed by atoms with E-state index in [0.717, 1.165) is 31.0 Å². The van der Waals surface area contributed by atoms with Gasteiger partial charge in [-0.25, -0.2) is 18.6 Å². The van der Waals surface area contributed by atoms with Crippen molar-refractivity contribution in [2.75, 3.05) is 18.0 Å². The lowest BCUT2D eigenvalue weighted by molar-refractivity contribution is 0.0936. The average Bonchev–Trinajstić information content (AvgIpc) is 3.54. The zero-order chi connectivity index (χ0) is 24.6. The third-order valence-electron chi connectivity index (χ3n) is 6.44. The van der Waals surface area contributed by atoms with Crippen LogP contribution in [0.4, 0.5) is 19.3 Å². The van der Waals surface area contributed by atoms with Crippen LogP contribution in [0.2, 0.25) is 0 Å². The summed E-state index contributed by atoms with van der Waals surface area (Å²) >= 11 is 0. The Morgan fingerprint density at radius 1 is 1.29 bits per heavy atom. The number of nitrogens with zero attached hydrogens (tertiary/aromatic N) is 3. The molecule has 0 spiro atoms. The number of nitrogens with one attached hydrogen (secondary N) is 2. The summed E-state index contributed by atoms with van der Waals surface area (Å²) in [5.74, 6) is -1.68. The molecular weight excluding hydrogens is 444 g/mol. The Balaban J connectivity index is 1.86. The smallest absolute Gasteiger partial charge is 0.405 e. The van der Waals surface area contributed by atoms with Crippen LogP contribution in [0.15, 0.2) is 24.4 Å². The number of carbonyl (C=O) groups excluding carboxylic acids is 1. The second-order valence-corrected chi connectivity index (χ2v) is 9.28. The summed E-state index contributed by atoms with van der Waals surface area (Å²) in [7, 11) is 0. The second-order valence-electron chi connectivity index (χ2n) is 9.28. The fraction of sp³-hybridized carbons (Fsp3) is 0.417. The lowest BCUT2D eigenvalue weighted by atomic mass is 9.97. The first-order valence-electron chi connectivity index (χ1n) is 11.1. The van der Waals surface area contributed by atoms with Crippen molar-refractivity contribution >= 4 is 17.7 Å². The molecule has 34 heavy (non-hydrogen) atoms. The average molecular weight is 469 g/mol. The van der Waals surface area contributed by atoms with E-state index in [9.17, 15) is 28.7 Å². The standard InChI is InChI=1S/C24H25F2N5O3/c1-13(14-3-4-14)29-22(32)18-11-28-19(10-27)20(15-7-16(25)9-17(26)8-15)21(18)31-6-5-24(2,12-31)30-23(33)34/h7-9,11,13-14,30H,3-6,12H2,1-2H3,(H,29,32)(H,33,34)/t13-,24-/m0/s1. The summed E-state index contributed by atoms with van der Waals surface area (Å²) < 4.78 is 28.3. The van der Waals surface area contributed by atoms with Crippen molar-refractivity contribution in [3.63, 3.8) is 0 Å². The summed E-state index contributed by atoms with van der Waals surface area (Å²) in [6.45, 7) is 4.20. The van der Waals surface area contributed by atoms with Gasteiger partial charge < -0.3 is 20.6 Å². The summed E-state index contributed by atoms with van der Waals surface area (Å²) in [6.07, 6.45) is 2.60. The van der Waals surface area contributed by atoms with Crippen LogP contribution in [0.25, 0.3) is 11.1 Å². The van der Waals surface area contributed by atoms with Gasteiger partial charge in [0.15, 0.2) is 0 Å². The van der Waals surface area contributed by atoms with Crippen LogP contribution < -0.4 is 15.5 Å². The molecule has 2 aliphatic rings. The molecule has 2 amide bonds. The van der Waals surface area contributed by atoms with Crippen LogP contribution in [-0.2, 0) is 0 Å². The predicted molar refractivity (Wildman–Crippen MR) is 120 cm³/mol. The first kappa shape index (κ1) is 23.4. The van der Waals surface area contributed by atoms with Crippen molar-refractivity contribution in [2.24, 2.45) is 5.92 Å². The molecule has 4 rings (SSSR count). The van der Waals surface area contributed by atoms with Crippen molar-refractivity contribution in [1.82, 2.24) is 15.6 Å². The lowest BCUT2D eigenvalue weighted by Crippen LogP contribution is -2.47. The van der Waals surface area contributed by atoms with E-state index in [-0.39, 0.29) is 35.0 Å². The molecule has 178 valence electrons. The third-order valence-corrected chi connectivity index (χ3v) is 6.44. The van der Waals surface area contributed by atoms with Gasteiger partial charge in [0.2, 0.25) is 0 Å². The number of carbonyl (C=O) groups is 2. The van der Waals surface area contributed by atoms with E-state index in [0.29, 0.717) is 24.6 Å². The minimum Gasteiger partial charge on any atom is -0.465 e. The first-order chi connectivity index (χ1) is 16.1. The molecule has 8 nitrogen and oxygen atoms in total. The molecule has 10 heteroatoms. The number of amides is 2. The van der Waals surface area contributed by atoms with Crippen LogP contribution in [0.5, 0.6) is 0 Å². The second kappa shape index (κ2) is 8.89. The predicted octanol–water partition coefficient (Wildman–Crippen LogP) is 3.66. The molecule has 1 saturated heterocycles. The zero-order valence-electron chi connectivity index (χ0n) is 18.9. The number of aromatic nitrogens is 1. The van der Waals surface area contributed by atoms with Crippen LogP contribution >= 0.6 is 0 Å². The van der Waals surface area contributed by atoms with Gasteiger partial charge >= 0.3 is 6.09 Å². The molecule has 1 saturated carbocycles. The summed E-state index contributed by atoms with van der Waals surface area (Å²) in [6, 6.07) is 4.79. The molecular formula is C24H25F2N5O3. The number of nitriles is 1. The fourth-order valence-corrected chi connectivity index (χ4v) is 4.56. The van der Waals surface area contributed by atoms with Gasteiger partial charge in [-0.05, 0) is 56.7 Å². The highest BCUT2D eigenvalue weighted by molar-refractivity contribution is 6.04. The van der Waals surface area contributed by atoms with E-state index in [4.69, 9.17) is 0 Å². The van der Waals surface area contributed by atoms with Crippen molar-refractivity contribution in [3.8, 4) is 17.2 Å². The molecule has 1 aromatic carbocycles. The highest BCUT2D eigenvalue weighted by atomic mass is 19.1. The Bertz CT molecular complexity index is 1170. The number of pyridine rings is 1. The maximum absolute atomic E-state index is 14.1. The van der Waals surface area contributed by atoms with Crippen molar-refractivity contribution in [2.45, 2.75) is 44.7 Å². The van der Waals surface area contributed by atoms with Gasteiger partial charge in [0, 0.05) is 37.0 Å². The number of hydrogen-bond donors (Lipinski definition) is 3. The van der Waals surface area contributed by atoms with Gasteiger partial charge in [-0.15, -0.1) is 0 Å². The van der Waals surface area contributed by atoms with Crippen LogP contribution in [0, 0.1) is 28.9 Å². The van der Waals surface area contributed by atoms with E-state index >= 15 is 0 Å². The summed E-state index contributed by atoms with van der Waals surface area (Å²) in [5.41, 5.74) is -0.250. The number of anilines is 1. The van der Waals surface area contributed by atoms with E-state index in [2.05, 4.69) is 15.6 Å². The maximum atomic E-state index is 14.1. The largest absolute Gasteiger partial charge is 0.465 e. The fourth-order valence-electron chi connectivity index (χ4n) is 4.56. The summed E-state index contributed by atoms with van der Waals surface area (Å²) in [5, 5.41) is 24.5. The van der Waals surface area contributed by atoms with Crippen molar-refractivity contribution in [3.05, 3.63) is 47.3 Å². The van der Waals surface area contributed by atoms with Gasteiger partial charge in [0.1, 0.15) is 23.4 Å². The molecule has 0 radical (unpaired) electrons. The van der Waals surface area contributed by atoms with Crippen LogP contribution in [-0.4, -0.2) is 46.8 Å². The molecule has 1 aliphatic carbocycles. The Morgan fingerprint density at radius 3 is 2.56 bits per heavy atom. The van der Waals surface area contributed by atoms with Gasteiger partial charge in [-0.2, -0.15) is 5.26 Å². The van der Waals surface area contributed by atoms with E-state index in [1.165, 1.54) is 6.20 Å². The number of rotatable bonds is 6.